The molecule has 2 amide bonds. The highest BCUT2D eigenvalue weighted by atomic mass is 16.5. The highest BCUT2D eigenvalue weighted by Crippen LogP contribution is 2.07. The molecule has 0 fully saturated rings. The van der Waals surface area contributed by atoms with Crippen LogP contribution >= 0.6 is 0 Å². The minimum atomic E-state index is -0.236. The molecule has 120 valence electrons. The number of pyridine rings is 1. The molecule has 23 heavy (non-hydrogen) atoms. The minimum Gasteiger partial charge on any atom is -0.484 e. The van der Waals surface area contributed by atoms with Gasteiger partial charge < -0.3 is 15.4 Å². The molecule has 0 spiro atoms. The second kappa shape index (κ2) is 8.53. The standard InChI is InChI=1S/C17H19N3O3/c1-13-7-8-14(11-20-13)17(22)19-10-9-18-16(21)12-23-15-5-3-2-4-6-15/h2-8,11H,9-10,12H2,1H3,(H,18,21)(H,19,22). The van der Waals surface area contributed by atoms with E-state index in [1.807, 2.05) is 25.1 Å². The Balaban J connectivity index is 1.62. The molecule has 0 atom stereocenters. The summed E-state index contributed by atoms with van der Waals surface area (Å²) in [7, 11) is 0. The first-order chi connectivity index (χ1) is 11.1. The third-order valence-electron chi connectivity index (χ3n) is 3.02. The highest BCUT2D eigenvalue weighted by molar-refractivity contribution is 5.93. The number of para-hydroxylation sites is 1. The van der Waals surface area contributed by atoms with Crippen LogP contribution < -0.4 is 15.4 Å². The number of carbonyl (C=O) groups is 2. The van der Waals surface area contributed by atoms with Crippen LogP contribution in [0.3, 0.4) is 0 Å². The van der Waals surface area contributed by atoms with Crippen molar-refractivity contribution in [3.63, 3.8) is 0 Å². The number of aryl methyl sites for hydroxylation is 1. The van der Waals surface area contributed by atoms with Gasteiger partial charge in [-0.15, -0.1) is 0 Å². The molecule has 0 aliphatic heterocycles. The largest absolute Gasteiger partial charge is 0.484 e. The summed E-state index contributed by atoms with van der Waals surface area (Å²) in [5, 5.41) is 5.39. The molecule has 2 rings (SSSR count). The molecule has 0 saturated heterocycles. The van der Waals surface area contributed by atoms with Crippen molar-refractivity contribution >= 4 is 11.8 Å². The van der Waals surface area contributed by atoms with Crippen LogP contribution in [0.5, 0.6) is 5.75 Å². The first-order valence-electron chi connectivity index (χ1n) is 7.30. The second-order valence-corrected chi connectivity index (χ2v) is 4.90. The van der Waals surface area contributed by atoms with E-state index in [-0.39, 0.29) is 18.4 Å². The number of ether oxygens (including phenoxy) is 1. The van der Waals surface area contributed by atoms with Crippen LogP contribution in [0.15, 0.2) is 48.7 Å². The summed E-state index contributed by atoms with van der Waals surface area (Å²) in [6, 6.07) is 12.6. The maximum atomic E-state index is 11.8. The molecule has 0 saturated carbocycles. The summed E-state index contributed by atoms with van der Waals surface area (Å²) in [6.07, 6.45) is 1.52. The Morgan fingerprint density at radius 3 is 2.48 bits per heavy atom. The van der Waals surface area contributed by atoms with Crippen molar-refractivity contribution in [1.82, 2.24) is 15.6 Å². The van der Waals surface area contributed by atoms with Crippen LogP contribution in [-0.4, -0.2) is 36.5 Å². The molecular weight excluding hydrogens is 294 g/mol. The predicted octanol–water partition coefficient (Wildman–Crippen LogP) is 1.32. The topological polar surface area (TPSA) is 80.3 Å². The number of nitrogens with one attached hydrogen (secondary N) is 2. The molecule has 1 heterocycles. The molecular formula is C17H19N3O3. The van der Waals surface area contributed by atoms with E-state index in [9.17, 15) is 9.59 Å². The Bertz CT molecular complexity index is 642. The monoisotopic (exact) mass is 313 g/mol. The Morgan fingerprint density at radius 1 is 1.04 bits per heavy atom. The van der Waals surface area contributed by atoms with Gasteiger partial charge in [-0.05, 0) is 31.2 Å². The van der Waals surface area contributed by atoms with Crippen LogP contribution in [0.25, 0.3) is 0 Å². The van der Waals surface area contributed by atoms with Gasteiger partial charge in [0.05, 0.1) is 5.56 Å². The number of aromatic nitrogens is 1. The number of carbonyl (C=O) groups excluding carboxylic acids is 2. The Morgan fingerprint density at radius 2 is 1.78 bits per heavy atom. The molecule has 0 radical (unpaired) electrons. The molecule has 1 aromatic heterocycles. The van der Waals surface area contributed by atoms with E-state index in [1.54, 1.807) is 24.3 Å². The van der Waals surface area contributed by atoms with E-state index in [0.717, 1.165) is 5.69 Å². The van der Waals surface area contributed by atoms with Crippen molar-refractivity contribution in [2.75, 3.05) is 19.7 Å². The van der Waals surface area contributed by atoms with Crippen molar-refractivity contribution in [2.24, 2.45) is 0 Å². The predicted molar refractivity (Wildman–Crippen MR) is 86.3 cm³/mol. The lowest BCUT2D eigenvalue weighted by Gasteiger charge is -2.08. The van der Waals surface area contributed by atoms with Gasteiger partial charge >= 0.3 is 0 Å². The zero-order valence-electron chi connectivity index (χ0n) is 12.9. The molecule has 1 aromatic carbocycles. The summed E-state index contributed by atoms with van der Waals surface area (Å²) < 4.78 is 5.32. The molecule has 0 bridgehead atoms. The first-order valence-corrected chi connectivity index (χ1v) is 7.30. The number of rotatable bonds is 7. The molecule has 2 aromatic rings. The summed E-state index contributed by atoms with van der Waals surface area (Å²) in [6.45, 7) is 2.47. The summed E-state index contributed by atoms with van der Waals surface area (Å²) in [5.74, 6) is 0.190. The maximum Gasteiger partial charge on any atom is 0.258 e. The van der Waals surface area contributed by atoms with Crippen molar-refractivity contribution in [1.29, 1.82) is 0 Å². The lowest BCUT2D eigenvalue weighted by Crippen LogP contribution is -2.36. The summed E-state index contributed by atoms with van der Waals surface area (Å²) in [5.41, 5.74) is 1.35. The highest BCUT2D eigenvalue weighted by Gasteiger charge is 2.06. The molecule has 6 nitrogen and oxygen atoms in total. The number of benzene rings is 1. The van der Waals surface area contributed by atoms with Crippen molar-refractivity contribution < 1.29 is 14.3 Å². The van der Waals surface area contributed by atoms with E-state index in [0.29, 0.717) is 24.4 Å². The van der Waals surface area contributed by atoms with Crippen LogP contribution in [0.2, 0.25) is 0 Å². The normalized spacial score (nSPS) is 9.96. The molecule has 2 N–H and O–H groups in total. The van der Waals surface area contributed by atoms with Gasteiger partial charge in [-0.2, -0.15) is 0 Å². The summed E-state index contributed by atoms with van der Waals surface area (Å²) in [4.78, 5) is 27.5. The SMILES string of the molecule is Cc1ccc(C(=O)NCCNC(=O)COc2ccccc2)cn1. The van der Waals surface area contributed by atoms with Gasteiger partial charge in [0.15, 0.2) is 6.61 Å². The fourth-order valence-corrected chi connectivity index (χ4v) is 1.80. The second-order valence-electron chi connectivity index (χ2n) is 4.90. The van der Waals surface area contributed by atoms with Crippen LogP contribution in [0.1, 0.15) is 16.1 Å². The van der Waals surface area contributed by atoms with E-state index in [2.05, 4.69) is 15.6 Å². The minimum absolute atomic E-state index is 0.0557. The lowest BCUT2D eigenvalue weighted by atomic mass is 10.2. The van der Waals surface area contributed by atoms with Gasteiger partial charge in [0.25, 0.3) is 11.8 Å². The molecule has 0 unspecified atom stereocenters. The van der Waals surface area contributed by atoms with Gasteiger partial charge in [0.2, 0.25) is 0 Å². The third kappa shape index (κ3) is 5.78. The van der Waals surface area contributed by atoms with Crippen molar-refractivity contribution in [2.45, 2.75) is 6.92 Å². The van der Waals surface area contributed by atoms with Crippen LogP contribution in [0, 0.1) is 6.92 Å². The van der Waals surface area contributed by atoms with E-state index in [1.165, 1.54) is 6.20 Å². The van der Waals surface area contributed by atoms with Gasteiger partial charge in [-0.3, -0.25) is 14.6 Å². The van der Waals surface area contributed by atoms with Gasteiger partial charge in [-0.1, -0.05) is 18.2 Å². The van der Waals surface area contributed by atoms with E-state index < -0.39 is 0 Å². The van der Waals surface area contributed by atoms with E-state index in [4.69, 9.17) is 4.74 Å². The number of nitrogens with zero attached hydrogens (tertiary/aromatic N) is 1. The Hall–Kier alpha value is -2.89. The summed E-state index contributed by atoms with van der Waals surface area (Å²) >= 11 is 0. The smallest absolute Gasteiger partial charge is 0.258 e. The first kappa shape index (κ1) is 16.5. The van der Waals surface area contributed by atoms with E-state index >= 15 is 0 Å². The van der Waals surface area contributed by atoms with Gasteiger partial charge in [0, 0.05) is 25.0 Å². The Labute approximate surface area is 134 Å². The lowest BCUT2D eigenvalue weighted by molar-refractivity contribution is -0.123. The zero-order chi connectivity index (χ0) is 16.5. The molecule has 0 aliphatic carbocycles. The molecule has 0 aliphatic rings. The van der Waals surface area contributed by atoms with Crippen molar-refractivity contribution in [3.8, 4) is 5.75 Å². The third-order valence-corrected chi connectivity index (χ3v) is 3.02. The zero-order valence-corrected chi connectivity index (χ0v) is 12.9. The maximum absolute atomic E-state index is 11.8. The average molecular weight is 313 g/mol. The van der Waals surface area contributed by atoms with Crippen molar-refractivity contribution in [3.05, 3.63) is 59.9 Å². The fraction of sp³-hybridized carbons (Fsp3) is 0.235. The van der Waals surface area contributed by atoms with Crippen LogP contribution in [0.4, 0.5) is 0 Å². The number of hydrogen-bond acceptors (Lipinski definition) is 4. The Kier molecular flexibility index (Phi) is 6.11. The fourth-order valence-electron chi connectivity index (χ4n) is 1.80. The average Bonchev–Trinajstić information content (AvgIpc) is 2.58. The number of hydrogen-bond donors (Lipinski definition) is 2. The number of amides is 2. The van der Waals surface area contributed by atoms with Gasteiger partial charge in [0.1, 0.15) is 5.75 Å². The van der Waals surface area contributed by atoms with Crippen LogP contribution in [-0.2, 0) is 4.79 Å². The molecule has 6 heteroatoms. The van der Waals surface area contributed by atoms with Gasteiger partial charge in [-0.25, -0.2) is 0 Å². The quantitative estimate of drug-likeness (QED) is 0.755.